The Morgan fingerprint density at radius 3 is 0.826 bits per heavy atom. The van der Waals surface area contributed by atoms with Crippen molar-refractivity contribution < 1.29 is 61.1 Å². The molecule has 23 heavy (non-hydrogen) atoms. The molecule has 0 bridgehead atoms. The first kappa shape index (κ1) is 21.6. The summed E-state index contributed by atoms with van der Waals surface area (Å²) in [4.78, 5) is 0. The minimum Gasteiger partial charge on any atom is -0.220 e. The molecular formula is C8H2F12O2S. The van der Waals surface area contributed by atoms with Crippen molar-refractivity contribution in [2.75, 3.05) is 0 Å². The van der Waals surface area contributed by atoms with Crippen molar-refractivity contribution in [3.63, 3.8) is 0 Å². The van der Waals surface area contributed by atoms with Gasteiger partial charge in [0.05, 0.1) is 10.8 Å². The van der Waals surface area contributed by atoms with Gasteiger partial charge in [0.25, 0.3) is 0 Å². The lowest BCUT2D eigenvalue weighted by Crippen LogP contribution is -2.28. The van der Waals surface area contributed by atoms with E-state index in [1.807, 2.05) is 0 Å². The van der Waals surface area contributed by atoms with E-state index >= 15 is 0 Å². The van der Waals surface area contributed by atoms with Crippen LogP contribution < -0.4 is 0 Å². The van der Waals surface area contributed by atoms with Crippen molar-refractivity contribution in [3.05, 3.63) is 22.0 Å². The van der Waals surface area contributed by atoms with E-state index in [0.717, 1.165) is 0 Å². The monoisotopic (exact) mass is 390 g/mol. The Hall–Kier alpha value is -1.41. The molecule has 0 aromatic heterocycles. The summed E-state index contributed by atoms with van der Waals surface area (Å²) in [5.41, 5.74) is -7.57. The summed E-state index contributed by atoms with van der Waals surface area (Å²) >= 11 is 0. The second kappa shape index (κ2) is 5.90. The molecule has 0 aliphatic heterocycles. The van der Waals surface area contributed by atoms with Gasteiger partial charge >= 0.3 is 24.7 Å². The largest absolute Gasteiger partial charge is 0.422 e. The Kier molecular flexibility index (Phi) is 5.54. The third kappa shape index (κ3) is 6.70. The molecule has 0 spiro atoms. The number of alkyl halides is 12. The zero-order valence-electron chi connectivity index (χ0n) is 9.92. The summed E-state index contributed by atoms with van der Waals surface area (Å²) in [6.45, 7) is 0. The molecule has 0 unspecified atom stereocenters. The fourth-order valence-corrected chi connectivity index (χ4v) is 2.21. The van der Waals surface area contributed by atoms with Crippen LogP contribution in [-0.2, 0) is 9.84 Å². The molecule has 0 aliphatic rings. The summed E-state index contributed by atoms with van der Waals surface area (Å²) < 4.78 is 166. The van der Waals surface area contributed by atoms with Gasteiger partial charge in [-0.05, 0) is 0 Å². The Bertz CT molecular complexity index is 515. The third-order valence-electron chi connectivity index (χ3n) is 1.79. The summed E-state index contributed by atoms with van der Waals surface area (Å²) in [6, 6.07) is 0. The first-order valence-corrected chi connectivity index (χ1v) is 6.26. The molecule has 2 nitrogen and oxygen atoms in total. The maximum Gasteiger partial charge on any atom is 0.422 e. The van der Waals surface area contributed by atoms with Crippen LogP contribution in [0, 0.1) is 0 Å². The zero-order chi connectivity index (χ0) is 19.1. The molecule has 15 heteroatoms. The number of halogens is 12. The number of allylic oxidation sites excluding steroid dienone is 2. The van der Waals surface area contributed by atoms with Crippen LogP contribution in [0.3, 0.4) is 0 Å². The van der Waals surface area contributed by atoms with Gasteiger partial charge < -0.3 is 0 Å². The Labute approximate surface area is 119 Å². The van der Waals surface area contributed by atoms with E-state index in [-0.39, 0.29) is 0 Å². The van der Waals surface area contributed by atoms with Crippen LogP contribution in [0.2, 0.25) is 0 Å². The summed E-state index contributed by atoms with van der Waals surface area (Å²) in [5.74, 6) is 0. The molecule has 0 aromatic rings. The van der Waals surface area contributed by atoms with Gasteiger partial charge in [-0.2, -0.15) is 52.7 Å². The second-order valence-electron chi connectivity index (χ2n) is 3.64. The minimum absolute atomic E-state index is 1.76. The van der Waals surface area contributed by atoms with E-state index < -0.39 is 56.5 Å². The van der Waals surface area contributed by atoms with Crippen LogP contribution in [0.25, 0.3) is 0 Å². The lowest BCUT2D eigenvalue weighted by Gasteiger charge is -2.16. The molecule has 0 atom stereocenters. The Morgan fingerprint density at radius 2 is 0.696 bits per heavy atom. The van der Waals surface area contributed by atoms with Gasteiger partial charge in [-0.15, -0.1) is 0 Å². The number of sulfone groups is 1. The molecule has 0 aromatic carbocycles. The fraction of sp³-hybridized carbons (Fsp3) is 0.500. The highest BCUT2D eigenvalue weighted by Crippen LogP contribution is 2.41. The summed E-state index contributed by atoms with van der Waals surface area (Å²) in [6.07, 6.45) is -25.5. The molecule has 0 rings (SSSR count). The van der Waals surface area contributed by atoms with Crippen molar-refractivity contribution >= 4 is 9.84 Å². The van der Waals surface area contributed by atoms with Gasteiger partial charge in [0, 0.05) is 0 Å². The Morgan fingerprint density at radius 1 is 0.522 bits per heavy atom. The highest BCUT2D eigenvalue weighted by Gasteiger charge is 2.54. The van der Waals surface area contributed by atoms with Crippen LogP contribution in [0.15, 0.2) is 22.0 Å². The number of rotatable bonds is 2. The lowest BCUT2D eigenvalue weighted by atomic mass is 10.3. The van der Waals surface area contributed by atoms with Gasteiger partial charge in [0.1, 0.15) is 11.1 Å². The standard InChI is InChI=1S/C8H2F12O2S/c9-5(10,11)3(6(12,13)14)1-23(21,22)2-4(7(15,16)17)8(18,19)20/h1-2H. The molecule has 0 heterocycles. The highest BCUT2D eigenvalue weighted by molar-refractivity contribution is 7.97. The first-order chi connectivity index (χ1) is 9.68. The van der Waals surface area contributed by atoms with Crippen LogP contribution >= 0.6 is 0 Å². The summed E-state index contributed by atoms with van der Waals surface area (Å²) in [5, 5.41) is -3.52. The molecule has 136 valence electrons. The van der Waals surface area contributed by atoms with Gasteiger partial charge in [-0.1, -0.05) is 0 Å². The van der Waals surface area contributed by atoms with Crippen LogP contribution in [0.4, 0.5) is 52.7 Å². The van der Waals surface area contributed by atoms with E-state index in [1.165, 1.54) is 0 Å². The van der Waals surface area contributed by atoms with E-state index in [2.05, 4.69) is 0 Å². The molecule has 0 aliphatic carbocycles. The molecule has 0 fully saturated rings. The quantitative estimate of drug-likeness (QED) is 0.655. The number of hydrogen-bond donors (Lipinski definition) is 0. The average Bonchev–Trinajstić information content (AvgIpc) is 2.16. The van der Waals surface area contributed by atoms with Gasteiger partial charge in [0.2, 0.25) is 0 Å². The number of hydrogen-bond acceptors (Lipinski definition) is 2. The average molecular weight is 390 g/mol. The molecule has 0 amide bonds. The molecule has 0 saturated heterocycles. The van der Waals surface area contributed by atoms with E-state index in [0.29, 0.717) is 0 Å². The molecule has 0 N–H and O–H groups in total. The van der Waals surface area contributed by atoms with Crippen molar-refractivity contribution in [1.82, 2.24) is 0 Å². The third-order valence-corrected chi connectivity index (χ3v) is 2.91. The topological polar surface area (TPSA) is 34.1 Å². The first-order valence-electron chi connectivity index (χ1n) is 4.65. The maximum atomic E-state index is 12.0. The molecular weight excluding hydrogens is 388 g/mol. The predicted molar refractivity (Wildman–Crippen MR) is 49.3 cm³/mol. The Balaban J connectivity index is 6.38. The van der Waals surface area contributed by atoms with Crippen molar-refractivity contribution in [3.8, 4) is 0 Å². The van der Waals surface area contributed by atoms with Gasteiger partial charge in [-0.3, -0.25) is 0 Å². The highest BCUT2D eigenvalue weighted by atomic mass is 32.2. The fourth-order valence-electron chi connectivity index (χ4n) is 0.951. The van der Waals surface area contributed by atoms with Crippen LogP contribution in [-0.4, -0.2) is 33.1 Å². The normalized spacial score (nSPS) is 14.4. The molecule has 0 saturated carbocycles. The van der Waals surface area contributed by atoms with E-state index in [1.54, 1.807) is 0 Å². The van der Waals surface area contributed by atoms with Gasteiger partial charge in [-0.25, -0.2) is 8.42 Å². The summed E-state index contributed by atoms with van der Waals surface area (Å²) in [7, 11) is -6.32. The van der Waals surface area contributed by atoms with E-state index in [9.17, 15) is 61.1 Å². The zero-order valence-corrected chi connectivity index (χ0v) is 10.7. The second-order valence-corrected chi connectivity index (χ2v) is 5.29. The van der Waals surface area contributed by atoms with Crippen molar-refractivity contribution in [2.45, 2.75) is 24.7 Å². The van der Waals surface area contributed by atoms with Crippen LogP contribution in [0.1, 0.15) is 0 Å². The van der Waals surface area contributed by atoms with E-state index in [4.69, 9.17) is 0 Å². The minimum atomic E-state index is -6.38. The predicted octanol–water partition coefficient (Wildman–Crippen LogP) is 4.42. The molecule has 0 radical (unpaired) electrons. The van der Waals surface area contributed by atoms with Crippen molar-refractivity contribution in [1.29, 1.82) is 0 Å². The SMILES string of the molecule is O=S(=O)(C=C(C(F)(F)F)C(F)(F)F)C=C(C(F)(F)F)C(F)(F)F. The maximum absolute atomic E-state index is 12.0. The van der Waals surface area contributed by atoms with Crippen molar-refractivity contribution in [2.24, 2.45) is 0 Å². The van der Waals surface area contributed by atoms with Crippen LogP contribution in [0.5, 0.6) is 0 Å². The lowest BCUT2D eigenvalue weighted by molar-refractivity contribution is -0.172. The smallest absolute Gasteiger partial charge is 0.220 e. The van der Waals surface area contributed by atoms with Gasteiger partial charge in [0.15, 0.2) is 9.84 Å².